The number of carbonyl (C=O) groups excluding carboxylic acids is 2. The summed E-state index contributed by atoms with van der Waals surface area (Å²) >= 11 is 1.53. The van der Waals surface area contributed by atoms with Gasteiger partial charge in [0.05, 0.1) is 43.9 Å². The van der Waals surface area contributed by atoms with Gasteiger partial charge in [0.1, 0.15) is 5.75 Å². The van der Waals surface area contributed by atoms with Crippen molar-refractivity contribution in [2.45, 2.75) is 11.7 Å². The molecule has 25 heavy (non-hydrogen) atoms. The lowest BCUT2D eigenvalue weighted by atomic mass is 10.2. The zero-order valence-electron chi connectivity index (χ0n) is 14.5. The Bertz CT molecular complexity index is 775. The minimum atomic E-state index is -0.495. The number of methoxy groups -OCH3 is 2. The van der Waals surface area contributed by atoms with E-state index in [4.69, 9.17) is 4.74 Å². The van der Waals surface area contributed by atoms with Gasteiger partial charge in [-0.05, 0) is 24.5 Å². The van der Waals surface area contributed by atoms with Crippen LogP contribution in [0.3, 0.4) is 0 Å². The Morgan fingerprint density at radius 1 is 1.32 bits per heavy atom. The Balaban J connectivity index is 2.06. The molecule has 0 aliphatic carbocycles. The van der Waals surface area contributed by atoms with Crippen molar-refractivity contribution in [3.8, 4) is 5.75 Å². The van der Waals surface area contributed by atoms with Gasteiger partial charge < -0.3 is 24.7 Å². The lowest BCUT2D eigenvalue weighted by molar-refractivity contribution is 0.0600. The van der Waals surface area contributed by atoms with E-state index in [0.717, 1.165) is 10.9 Å². The largest absolute Gasteiger partial charge is 0.495 e. The van der Waals surface area contributed by atoms with Gasteiger partial charge in [0.2, 0.25) is 0 Å². The van der Waals surface area contributed by atoms with Gasteiger partial charge in [-0.15, -0.1) is 0 Å². The average molecular weight is 364 g/mol. The van der Waals surface area contributed by atoms with E-state index in [1.54, 1.807) is 18.3 Å². The number of ether oxygens (including phenoxy) is 2. The molecule has 9 heteroatoms. The smallest absolute Gasteiger partial charge is 0.337 e. The number of esters is 1. The molecule has 0 aliphatic rings. The summed E-state index contributed by atoms with van der Waals surface area (Å²) in [7, 11) is 4.66. The molecular weight excluding hydrogens is 344 g/mol. The second kappa shape index (κ2) is 8.43. The molecule has 0 bridgehead atoms. The number of rotatable bonds is 6. The third kappa shape index (κ3) is 4.44. The van der Waals surface area contributed by atoms with Crippen molar-refractivity contribution in [2.75, 3.05) is 25.8 Å². The minimum Gasteiger partial charge on any atom is -0.495 e. The summed E-state index contributed by atoms with van der Waals surface area (Å²) in [4.78, 5) is 28.0. The van der Waals surface area contributed by atoms with Gasteiger partial charge >= 0.3 is 12.0 Å². The molecule has 1 aromatic carbocycles. The highest BCUT2D eigenvalue weighted by Gasteiger charge is 2.13. The predicted molar refractivity (Wildman–Crippen MR) is 95.2 cm³/mol. The van der Waals surface area contributed by atoms with E-state index >= 15 is 0 Å². The van der Waals surface area contributed by atoms with Crippen molar-refractivity contribution in [3.05, 3.63) is 35.7 Å². The number of aromatic nitrogens is 2. The van der Waals surface area contributed by atoms with E-state index in [9.17, 15) is 9.59 Å². The van der Waals surface area contributed by atoms with Crippen molar-refractivity contribution in [2.24, 2.45) is 7.05 Å². The zero-order valence-corrected chi connectivity index (χ0v) is 15.3. The molecule has 0 spiro atoms. The summed E-state index contributed by atoms with van der Waals surface area (Å²) in [6.45, 7) is 0.314. The van der Waals surface area contributed by atoms with Crippen LogP contribution in [0.15, 0.2) is 29.6 Å². The molecule has 0 saturated heterocycles. The number of anilines is 1. The van der Waals surface area contributed by atoms with Crippen molar-refractivity contribution in [1.82, 2.24) is 14.9 Å². The third-order valence-electron chi connectivity index (χ3n) is 3.52. The summed E-state index contributed by atoms with van der Waals surface area (Å²) < 4.78 is 11.8. The number of nitrogens with one attached hydrogen (secondary N) is 2. The molecule has 0 atom stereocenters. The molecule has 8 nitrogen and oxygen atoms in total. The van der Waals surface area contributed by atoms with Crippen LogP contribution in [-0.4, -0.2) is 42.0 Å². The number of hydrogen-bond acceptors (Lipinski definition) is 6. The summed E-state index contributed by atoms with van der Waals surface area (Å²) in [5.41, 5.74) is 1.56. The Morgan fingerprint density at radius 3 is 2.68 bits per heavy atom. The van der Waals surface area contributed by atoms with Crippen molar-refractivity contribution in [3.63, 3.8) is 0 Å². The van der Waals surface area contributed by atoms with Gasteiger partial charge in [-0.2, -0.15) is 0 Å². The van der Waals surface area contributed by atoms with E-state index in [1.165, 1.54) is 32.0 Å². The number of thioether (sulfide) groups is 1. The van der Waals surface area contributed by atoms with Gasteiger partial charge in [0, 0.05) is 7.05 Å². The van der Waals surface area contributed by atoms with Crippen LogP contribution in [0.25, 0.3) is 0 Å². The number of amides is 2. The second-order valence-electron chi connectivity index (χ2n) is 5.01. The maximum absolute atomic E-state index is 12.2. The molecule has 0 saturated carbocycles. The first-order chi connectivity index (χ1) is 12.0. The van der Waals surface area contributed by atoms with E-state index in [1.807, 2.05) is 17.9 Å². The number of carbonyl (C=O) groups is 2. The molecule has 1 heterocycles. The minimum absolute atomic E-state index is 0.314. The highest BCUT2D eigenvalue weighted by molar-refractivity contribution is 7.98. The molecule has 2 amide bonds. The molecule has 1 aromatic heterocycles. The molecular formula is C16H20N4O4S. The van der Waals surface area contributed by atoms with Crippen molar-refractivity contribution in [1.29, 1.82) is 0 Å². The van der Waals surface area contributed by atoms with Crippen LogP contribution in [0.2, 0.25) is 0 Å². The maximum atomic E-state index is 12.2. The Labute approximate surface area is 149 Å². The van der Waals surface area contributed by atoms with Crippen LogP contribution in [0, 0.1) is 0 Å². The van der Waals surface area contributed by atoms with Gasteiger partial charge in [0.25, 0.3) is 0 Å². The molecule has 0 aliphatic heterocycles. The Morgan fingerprint density at radius 2 is 2.08 bits per heavy atom. The predicted octanol–water partition coefficient (Wildman–Crippen LogP) is 2.26. The molecule has 2 N–H and O–H groups in total. The SMILES string of the molecule is COC(=O)c1ccc(OC)c(NC(=O)NCc2cnc(SC)n2C)c1. The normalized spacial score (nSPS) is 10.2. The summed E-state index contributed by atoms with van der Waals surface area (Å²) in [6.07, 6.45) is 3.65. The fourth-order valence-corrected chi connectivity index (χ4v) is 2.72. The number of imidazole rings is 1. The monoisotopic (exact) mass is 364 g/mol. The molecule has 134 valence electrons. The fourth-order valence-electron chi connectivity index (χ4n) is 2.17. The zero-order chi connectivity index (χ0) is 18.4. The van der Waals surface area contributed by atoms with E-state index in [0.29, 0.717) is 23.5 Å². The topological polar surface area (TPSA) is 94.5 Å². The number of nitrogens with zero attached hydrogens (tertiary/aromatic N) is 2. The average Bonchev–Trinajstić information content (AvgIpc) is 2.99. The quantitative estimate of drug-likeness (QED) is 0.603. The second-order valence-corrected chi connectivity index (χ2v) is 5.78. The molecule has 0 radical (unpaired) electrons. The number of urea groups is 1. The first-order valence-corrected chi connectivity index (χ1v) is 8.58. The van der Waals surface area contributed by atoms with Gasteiger partial charge in [0.15, 0.2) is 5.16 Å². The number of benzene rings is 1. The molecule has 2 rings (SSSR count). The highest BCUT2D eigenvalue weighted by Crippen LogP contribution is 2.25. The summed E-state index contributed by atoms with van der Waals surface area (Å²) in [5.74, 6) is -0.0569. The molecule has 0 fully saturated rings. The highest BCUT2D eigenvalue weighted by atomic mass is 32.2. The standard InChI is InChI=1S/C16H20N4O4S/c1-20-11(9-18-16(20)25-4)8-17-15(22)19-12-7-10(14(21)24-3)5-6-13(12)23-2/h5-7,9H,8H2,1-4H3,(H2,17,19,22). The first kappa shape index (κ1) is 18.7. The van der Waals surface area contributed by atoms with Crippen LogP contribution < -0.4 is 15.4 Å². The summed E-state index contributed by atoms with van der Waals surface area (Å²) in [6, 6.07) is 4.23. The fraction of sp³-hybridized carbons (Fsp3) is 0.312. The lowest BCUT2D eigenvalue weighted by Crippen LogP contribution is -2.29. The van der Waals surface area contributed by atoms with Gasteiger partial charge in [-0.3, -0.25) is 0 Å². The lowest BCUT2D eigenvalue weighted by Gasteiger charge is -2.12. The van der Waals surface area contributed by atoms with E-state index in [2.05, 4.69) is 20.4 Å². The Hall–Kier alpha value is -2.68. The van der Waals surface area contributed by atoms with E-state index < -0.39 is 12.0 Å². The Kier molecular flexibility index (Phi) is 6.29. The molecule has 0 unspecified atom stereocenters. The third-order valence-corrected chi connectivity index (χ3v) is 4.27. The van der Waals surface area contributed by atoms with Crippen LogP contribution in [-0.2, 0) is 18.3 Å². The first-order valence-electron chi connectivity index (χ1n) is 7.36. The maximum Gasteiger partial charge on any atom is 0.337 e. The van der Waals surface area contributed by atoms with Crippen molar-refractivity contribution < 1.29 is 19.1 Å². The van der Waals surface area contributed by atoms with Crippen LogP contribution >= 0.6 is 11.8 Å². The van der Waals surface area contributed by atoms with Crippen LogP contribution in [0.1, 0.15) is 16.1 Å². The van der Waals surface area contributed by atoms with Gasteiger partial charge in [-0.25, -0.2) is 14.6 Å². The summed E-state index contributed by atoms with van der Waals surface area (Å²) in [5, 5.41) is 6.29. The molecule has 2 aromatic rings. The van der Waals surface area contributed by atoms with Crippen molar-refractivity contribution >= 4 is 29.4 Å². The van der Waals surface area contributed by atoms with E-state index in [-0.39, 0.29) is 0 Å². The van der Waals surface area contributed by atoms with Gasteiger partial charge in [-0.1, -0.05) is 11.8 Å². The number of hydrogen-bond donors (Lipinski definition) is 2. The van der Waals surface area contributed by atoms with Crippen LogP contribution in [0.4, 0.5) is 10.5 Å². The van der Waals surface area contributed by atoms with Crippen LogP contribution in [0.5, 0.6) is 5.75 Å².